The molecule has 0 amide bonds. The number of ether oxygens (including phenoxy) is 1. The third-order valence-corrected chi connectivity index (χ3v) is 3.14. The van der Waals surface area contributed by atoms with Crippen LogP contribution in [0.1, 0.15) is 33.1 Å². The molecule has 17 heavy (non-hydrogen) atoms. The number of unbranched alkanes of at least 4 members (excludes halogenated alkanes) is 1. The Balaban J connectivity index is 2.11. The van der Waals surface area contributed by atoms with Gasteiger partial charge in [-0.3, -0.25) is 0 Å². The molecule has 3 heteroatoms. The normalized spacial score (nSPS) is 12.4. The van der Waals surface area contributed by atoms with Gasteiger partial charge in [0.2, 0.25) is 0 Å². The van der Waals surface area contributed by atoms with Crippen molar-refractivity contribution in [3.05, 3.63) is 28.7 Å². The Bertz CT molecular complexity index is 317. The Hall–Kier alpha value is -0.540. The average molecular weight is 300 g/mol. The highest BCUT2D eigenvalue weighted by molar-refractivity contribution is 9.10. The Kier molecular flexibility index (Phi) is 7.29. The lowest BCUT2D eigenvalue weighted by Crippen LogP contribution is -2.30. The van der Waals surface area contributed by atoms with Crippen LogP contribution >= 0.6 is 15.9 Å². The molecular formula is C14H22BrNO. The average Bonchev–Trinajstić information content (AvgIpc) is 2.32. The molecule has 0 aromatic heterocycles. The van der Waals surface area contributed by atoms with Crippen molar-refractivity contribution in [1.29, 1.82) is 0 Å². The topological polar surface area (TPSA) is 21.3 Å². The van der Waals surface area contributed by atoms with Crippen LogP contribution in [-0.4, -0.2) is 19.2 Å². The summed E-state index contributed by atoms with van der Waals surface area (Å²) < 4.78 is 6.70. The zero-order chi connectivity index (χ0) is 12.5. The maximum atomic E-state index is 5.65. The summed E-state index contributed by atoms with van der Waals surface area (Å²) in [6.07, 6.45) is 3.80. The number of benzene rings is 1. The second kappa shape index (κ2) is 8.54. The highest BCUT2D eigenvalue weighted by Crippen LogP contribution is 2.17. The molecule has 0 spiro atoms. The van der Waals surface area contributed by atoms with Crippen LogP contribution in [0.25, 0.3) is 0 Å². The van der Waals surface area contributed by atoms with Crippen molar-refractivity contribution in [1.82, 2.24) is 5.32 Å². The summed E-state index contributed by atoms with van der Waals surface area (Å²) >= 11 is 3.43. The van der Waals surface area contributed by atoms with E-state index in [1.54, 1.807) is 0 Å². The molecule has 1 aromatic carbocycles. The van der Waals surface area contributed by atoms with Crippen molar-refractivity contribution in [2.75, 3.05) is 13.2 Å². The van der Waals surface area contributed by atoms with Crippen molar-refractivity contribution in [2.24, 2.45) is 0 Å². The van der Waals surface area contributed by atoms with Crippen molar-refractivity contribution >= 4 is 15.9 Å². The van der Waals surface area contributed by atoms with Crippen molar-refractivity contribution in [3.8, 4) is 5.75 Å². The minimum atomic E-state index is 0.584. The van der Waals surface area contributed by atoms with Gasteiger partial charge in [-0.1, -0.05) is 41.8 Å². The van der Waals surface area contributed by atoms with E-state index in [2.05, 4.69) is 35.1 Å². The third-order valence-electron chi connectivity index (χ3n) is 2.65. The maximum Gasteiger partial charge on any atom is 0.120 e. The molecule has 2 nitrogen and oxygen atoms in total. The molecule has 96 valence electrons. The second-order valence-electron chi connectivity index (χ2n) is 4.30. The third kappa shape index (κ3) is 6.69. The predicted octanol–water partition coefficient (Wildman–Crippen LogP) is 4.00. The van der Waals surface area contributed by atoms with Gasteiger partial charge in [0.15, 0.2) is 0 Å². The summed E-state index contributed by atoms with van der Waals surface area (Å²) in [6, 6.07) is 8.53. The SMILES string of the molecule is CCCCC(C)NCCOc1cccc(Br)c1. The Morgan fingerprint density at radius 2 is 2.24 bits per heavy atom. The standard InChI is InChI=1S/C14H22BrNO/c1-3-4-6-12(2)16-9-10-17-14-8-5-7-13(15)11-14/h5,7-8,11-12,16H,3-4,6,9-10H2,1-2H3. The fourth-order valence-electron chi connectivity index (χ4n) is 1.64. The molecule has 0 aliphatic heterocycles. The molecule has 1 unspecified atom stereocenters. The number of hydrogen-bond donors (Lipinski definition) is 1. The number of halogens is 1. The van der Waals surface area contributed by atoms with E-state index >= 15 is 0 Å². The summed E-state index contributed by atoms with van der Waals surface area (Å²) in [5, 5.41) is 3.47. The molecule has 0 saturated heterocycles. The lowest BCUT2D eigenvalue weighted by Gasteiger charge is -2.13. The van der Waals surface area contributed by atoms with Gasteiger partial charge in [0.05, 0.1) is 0 Å². The van der Waals surface area contributed by atoms with E-state index in [9.17, 15) is 0 Å². The van der Waals surface area contributed by atoms with Crippen LogP contribution in [0.4, 0.5) is 0 Å². The largest absolute Gasteiger partial charge is 0.492 e. The molecule has 0 saturated carbocycles. The monoisotopic (exact) mass is 299 g/mol. The first-order chi connectivity index (χ1) is 8.22. The van der Waals surface area contributed by atoms with Crippen molar-refractivity contribution < 1.29 is 4.74 Å². The van der Waals surface area contributed by atoms with E-state index in [0.29, 0.717) is 12.6 Å². The summed E-state index contributed by atoms with van der Waals surface area (Å²) in [4.78, 5) is 0. The highest BCUT2D eigenvalue weighted by atomic mass is 79.9. The quantitative estimate of drug-likeness (QED) is 0.733. The molecule has 0 radical (unpaired) electrons. The van der Waals surface area contributed by atoms with Gasteiger partial charge in [-0.25, -0.2) is 0 Å². The predicted molar refractivity (Wildman–Crippen MR) is 76.6 cm³/mol. The molecule has 0 bridgehead atoms. The van der Waals surface area contributed by atoms with Gasteiger partial charge >= 0.3 is 0 Å². The van der Waals surface area contributed by atoms with E-state index in [1.165, 1.54) is 19.3 Å². The van der Waals surface area contributed by atoms with Crippen LogP contribution in [0.3, 0.4) is 0 Å². The van der Waals surface area contributed by atoms with Crippen LogP contribution in [0.2, 0.25) is 0 Å². The molecule has 1 atom stereocenters. The molecule has 0 heterocycles. The van der Waals surface area contributed by atoms with Gasteiger partial charge in [-0.15, -0.1) is 0 Å². The Labute approximate surface area is 113 Å². The fourth-order valence-corrected chi connectivity index (χ4v) is 2.02. The summed E-state index contributed by atoms with van der Waals surface area (Å²) in [5.41, 5.74) is 0. The van der Waals surface area contributed by atoms with Crippen molar-refractivity contribution in [3.63, 3.8) is 0 Å². The van der Waals surface area contributed by atoms with E-state index in [4.69, 9.17) is 4.74 Å². The Morgan fingerprint density at radius 3 is 2.94 bits per heavy atom. The van der Waals surface area contributed by atoms with Crippen LogP contribution < -0.4 is 10.1 Å². The minimum absolute atomic E-state index is 0.584. The first-order valence-electron chi connectivity index (χ1n) is 6.34. The van der Waals surface area contributed by atoms with Gasteiger partial charge in [0.1, 0.15) is 12.4 Å². The molecule has 0 aliphatic rings. The van der Waals surface area contributed by atoms with E-state index in [-0.39, 0.29) is 0 Å². The molecule has 1 rings (SSSR count). The lowest BCUT2D eigenvalue weighted by atomic mass is 10.1. The number of nitrogens with one attached hydrogen (secondary N) is 1. The van der Waals surface area contributed by atoms with Crippen molar-refractivity contribution in [2.45, 2.75) is 39.2 Å². The van der Waals surface area contributed by atoms with Crippen LogP contribution in [0.5, 0.6) is 5.75 Å². The maximum absolute atomic E-state index is 5.65. The summed E-state index contributed by atoms with van der Waals surface area (Å²) in [5.74, 6) is 0.919. The van der Waals surface area contributed by atoms with E-state index in [0.717, 1.165) is 16.8 Å². The Morgan fingerprint density at radius 1 is 1.41 bits per heavy atom. The van der Waals surface area contributed by atoms with Crippen LogP contribution in [-0.2, 0) is 0 Å². The first kappa shape index (κ1) is 14.5. The lowest BCUT2D eigenvalue weighted by molar-refractivity contribution is 0.304. The van der Waals surface area contributed by atoms with Crippen LogP contribution in [0.15, 0.2) is 28.7 Å². The minimum Gasteiger partial charge on any atom is -0.492 e. The molecule has 1 N–H and O–H groups in total. The highest BCUT2D eigenvalue weighted by Gasteiger charge is 2.00. The zero-order valence-electron chi connectivity index (χ0n) is 10.7. The van der Waals surface area contributed by atoms with Gasteiger partial charge in [-0.2, -0.15) is 0 Å². The zero-order valence-corrected chi connectivity index (χ0v) is 12.3. The molecule has 1 aromatic rings. The molecule has 0 fully saturated rings. The smallest absolute Gasteiger partial charge is 0.120 e. The second-order valence-corrected chi connectivity index (χ2v) is 5.22. The van der Waals surface area contributed by atoms with Gasteiger partial charge in [-0.05, 0) is 31.5 Å². The first-order valence-corrected chi connectivity index (χ1v) is 7.13. The number of hydrogen-bond acceptors (Lipinski definition) is 2. The van der Waals surface area contributed by atoms with Gasteiger partial charge < -0.3 is 10.1 Å². The van der Waals surface area contributed by atoms with Crippen LogP contribution in [0, 0.1) is 0 Å². The van der Waals surface area contributed by atoms with E-state index < -0.39 is 0 Å². The summed E-state index contributed by atoms with van der Waals surface area (Å²) in [6.45, 7) is 6.07. The van der Waals surface area contributed by atoms with Gasteiger partial charge in [0, 0.05) is 17.1 Å². The van der Waals surface area contributed by atoms with Gasteiger partial charge in [0.25, 0.3) is 0 Å². The molecular weight excluding hydrogens is 278 g/mol. The molecule has 0 aliphatic carbocycles. The number of rotatable bonds is 8. The summed E-state index contributed by atoms with van der Waals surface area (Å²) in [7, 11) is 0. The van der Waals surface area contributed by atoms with E-state index in [1.807, 2.05) is 24.3 Å². The fraction of sp³-hybridized carbons (Fsp3) is 0.571.